The van der Waals surface area contributed by atoms with Crippen LogP contribution in [0.4, 0.5) is 10.5 Å². The average molecular weight is 292 g/mol. The van der Waals surface area contributed by atoms with Crippen molar-refractivity contribution in [1.29, 1.82) is 0 Å². The van der Waals surface area contributed by atoms with Gasteiger partial charge in [0.1, 0.15) is 11.8 Å². The van der Waals surface area contributed by atoms with Crippen LogP contribution in [0.1, 0.15) is 26.2 Å². The summed E-state index contributed by atoms with van der Waals surface area (Å²) in [6.45, 7) is 3.16. The Morgan fingerprint density at radius 2 is 2.10 bits per heavy atom. The summed E-state index contributed by atoms with van der Waals surface area (Å²) in [7, 11) is 0. The van der Waals surface area contributed by atoms with Crippen LogP contribution in [0, 0.1) is 0 Å². The molecule has 21 heavy (non-hydrogen) atoms. The smallest absolute Gasteiger partial charge is 0.326 e. The van der Waals surface area contributed by atoms with Crippen molar-refractivity contribution in [2.75, 3.05) is 18.5 Å². The minimum Gasteiger partial charge on any atom is -0.494 e. The quantitative estimate of drug-likeness (QED) is 0.874. The van der Waals surface area contributed by atoms with Crippen LogP contribution < -0.4 is 10.1 Å². The van der Waals surface area contributed by atoms with E-state index in [1.54, 1.807) is 24.3 Å². The van der Waals surface area contributed by atoms with Gasteiger partial charge in [-0.3, -0.25) is 0 Å². The summed E-state index contributed by atoms with van der Waals surface area (Å²) in [5, 5.41) is 11.8. The molecule has 6 heteroatoms. The van der Waals surface area contributed by atoms with Gasteiger partial charge < -0.3 is 20.1 Å². The number of ether oxygens (including phenoxy) is 1. The molecule has 0 aliphatic carbocycles. The van der Waals surface area contributed by atoms with Gasteiger partial charge in [0.05, 0.1) is 6.61 Å². The van der Waals surface area contributed by atoms with E-state index < -0.39 is 12.0 Å². The molecule has 0 aromatic heterocycles. The van der Waals surface area contributed by atoms with Crippen LogP contribution in [0.15, 0.2) is 24.3 Å². The molecule has 1 aliphatic heterocycles. The van der Waals surface area contributed by atoms with Crippen molar-refractivity contribution in [3.05, 3.63) is 24.3 Å². The molecule has 2 amide bonds. The van der Waals surface area contributed by atoms with Gasteiger partial charge in [0.25, 0.3) is 0 Å². The number of benzene rings is 1. The first kappa shape index (κ1) is 15.2. The zero-order valence-electron chi connectivity index (χ0n) is 12.0. The highest BCUT2D eigenvalue weighted by atomic mass is 16.5. The van der Waals surface area contributed by atoms with E-state index >= 15 is 0 Å². The second-order valence-corrected chi connectivity index (χ2v) is 4.99. The summed E-state index contributed by atoms with van der Waals surface area (Å²) in [4.78, 5) is 24.5. The Balaban J connectivity index is 1.94. The van der Waals surface area contributed by atoms with Crippen LogP contribution in [-0.4, -0.2) is 41.2 Å². The third kappa shape index (κ3) is 3.87. The van der Waals surface area contributed by atoms with Crippen molar-refractivity contribution in [2.24, 2.45) is 0 Å². The monoisotopic (exact) mass is 292 g/mol. The summed E-state index contributed by atoms with van der Waals surface area (Å²) >= 11 is 0. The van der Waals surface area contributed by atoms with Gasteiger partial charge in [0.2, 0.25) is 0 Å². The first-order valence-corrected chi connectivity index (χ1v) is 7.15. The molecular weight excluding hydrogens is 272 g/mol. The number of hydrogen-bond donors (Lipinski definition) is 2. The predicted octanol–water partition coefficient (Wildman–Crippen LogP) is 2.56. The molecule has 0 bridgehead atoms. The summed E-state index contributed by atoms with van der Waals surface area (Å²) in [6.07, 6.45) is 2.16. The number of urea groups is 1. The second kappa shape index (κ2) is 6.97. The Kier molecular flexibility index (Phi) is 5.03. The Morgan fingerprint density at radius 3 is 2.71 bits per heavy atom. The van der Waals surface area contributed by atoms with Crippen molar-refractivity contribution in [3.63, 3.8) is 0 Å². The fourth-order valence-corrected chi connectivity index (χ4v) is 2.32. The summed E-state index contributed by atoms with van der Waals surface area (Å²) in [5.41, 5.74) is 0.625. The number of amides is 2. The molecule has 1 saturated heterocycles. The average Bonchev–Trinajstić information content (AvgIpc) is 2.96. The summed E-state index contributed by atoms with van der Waals surface area (Å²) < 4.78 is 5.46. The number of carboxylic acid groups (broad SMARTS) is 1. The fourth-order valence-electron chi connectivity index (χ4n) is 2.32. The van der Waals surface area contributed by atoms with Crippen LogP contribution in [0.3, 0.4) is 0 Å². The van der Waals surface area contributed by atoms with Gasteiger partial charge in [-0.05, 0) is 43.5 Å². The Morgan fingerprint density at radius 1 is 1.38 bits per heavy atom. The van der Waals surface area contributed by atoms with E-state index in [1.807, 2.05) is 6.92 Å². The first-order chi connectivity index (χ1) is 10.1. The molecule has 1 aromatic carbocycles. The molecule has 6 nitrogen and oxygen atoms in total. The number of likely N-dealkylation sites (tertiary alicyclic amines) is 1. The van der Waals surface area contributed by atoms with Gasteiger partial charge in [-0.1, -0.05) is 6.92 Å². The molecule has 0 radical (unpaired) electrons. The highest BCUT2D eigenvalue weighted by Gasteiger charge is 2.33. The molecule has 1 aromatic rings. The van der Waals surface area contributed by atoms with E-state index in [-0.39, 0.29) is 6.03 Å². The molecule has 2 N–H and O–H groups in total. The second-order valence-electron chi connectivity index (χ2n) is 4.99. The zero-order valence-corrected chi connectivity index (χ0v) is 12.0. The number of nitrogens with zero attached hydrogens (tertiary/aromatic N) is 1. The van der Waals surface area contributed by atoms with Crippen molar-refractivity contribution in [2.45, 2.75) is 32.2 Å². The van der Waals surface area contributed by atoms with Gasteiger partial charge in [-0.2, -0.15) is 0 Å². The molecule has 114 valence electrons. The number of rotatable bonds is 5. The molecule has 0 spiro atoms. The van der Waals surface area contributed by atoms with E-state index in [0.29, 0.717) is 31.7 Å². The van der Waals surface area contributed by atoms with E-state index in [0.717, 1.165) is 12.2 Å². The summed E-state index contributed by atoms with van der Waals surface area (Å²) in [5.74, 6) is -0.203. The molecular formula is C15H20N2O4. The van der Waals surface area contributed by atoms with E-state index in [1.165, 1.54) is 4.90 Å². The third-order valence-electron chi connectivity index (χ3n) is 3.38. The molecule has 1 heterocycles. The molecule has 1 atom stereocenters. The zero-order chi connectivity index (χ0) is 15.2. The maximum atomic E-state index is 12.1. The van der Waals surface area contributed by atoms with Crippen LogP contribution in [0.25, 0.3) is 0 Å². The Labute approximate surface area is 123 Å². The van der Waals surface area contributed by atoms with E-state index in [4.69, 9.17) is 9.84 Å². The van der Waals surface area contributed by atoms with Gasteiger partial charge in [-0.15, -0.1) is 0 Å². The number of aliphatic carboxylic acids is 1. The standard InChI is InChI=1S/C15H20N2O4/c1-2-10-21-12-7-5-11(6-8-12)16-15(20)17-9-3-4-13(17)14(18)19/h5-8,13H,2-4,9-10H2,1H3,(H,16,20)(H,18,19)/t13-/m1/s1. The van der Waals surface area contributed by atoms with Crippen molar-refractivity contribution in [3.8, 4) is 5.75 Å². The van der Waals surface area contributed by atoms with Crippen LogP contribution in [0.5, 0.6) is 5.75 Å². The normalized spacial score (nSPS) is 17.6. The molecule has 0 saturated carbocycles. The highest BCUT2D eigenvalue weighted by molar-refractivity contribution is 5.92. The number of nitrogens with one attached hydrogen (secondary N) is 1. The molecule has 1 aliphatic rings. The minimum atomic E-state index is -0.953. The molecule has 1 fully saturated rings. The topological polar surface area (TPSA) is 78.9 Å². The molecule has 2 rings (SSSR count). The largest absolute Gasteiger partial charge is 0.494 e. The highest BCUT2D eigenvalue weighted by Crippen LogP contribution is 2.20. The van der Waals surface area contributed by atoms with Crippen LogP contribution in [-0.2, 0) is 4.79 Å². The SMILES string of the molecule is CCCOc1ccc(NC(=O)N2CCC[C@@H]2C(=O)O)cc1. The number of anilines is 1. The third-order valence-corrected chi connectivity index (χ3v) is 3.38. The predicted molar refractivity (Wildman–Crippen MR) is 78.6 cm³/mol. The lowest BCUT2D eigenvalue weighted by atomic mass is 10.2. The lowest BCUT2D eigenvalue weighted by Gasteiger charge is -2.21. The minimum absolute atomic E-state index is 0.373. The number of carboxylic acids is 1. The number of hydrogen-bond acceptors (Lipinski definition) is 3. The lowest BCUT2D eigenvalue weighted by molar-refractivity contribution is -0.141. The maximum Gasteiger partial charge on any atom is 0.326 e. The van der Waals surface area contributed by atoms with Crippen molar-refractivity contribution < 1.29 is 19.4 Å². The van der Waals surface area contributed by atoms with E-state index in [2.05, 4.69) is 5.32 Å². The van der Waals surface area contributed by atoms with Gasteiger partial charge >= 0.3 is 12.0 Å². The molecule has 0 unspecified atom stereocenters. The van der Waals surface area contributed by atoms with Crippen molar-refractivity contribution >= 4 is 17.7 Å². The van der Waals surface area contributed by atoms with Crippen LogP contribution in [0.2, 0.25) is 0 Å². The van der Waals surface area contributed by atoms with Crippen molar-refractivity contribution in [1.82, 2.24) is 4.90 Å². The fraction of sp³-hybridized carbons (Fsp3) is 0.467. The summed E-state index contributed by atoms with van der Waals surface area (Å²) in [6, 6.07) is 5.96. The Hall–Kier alpha value is -2.24. The number of carbonyl (C=O) groups excluding carboxylic acids is 1. The lowest BCUT2D eigenvalue weighted by Crippen LogP contribution is -2.42. The first-order valence-electron chi connectivity index (χ1n) is 7.15. The van der Waals surface area contributed by atoms with Crippen LogP contribution >= 0.6 is 0 Å². The number of carbonyl (C=O) groups is 2. The Bertz CT molecular complexity index is 501. The van der Waals surface area contributed by atoms with Gasteiger partial charge in [0, 0.05) is 12.2 Å². The van der Waals surface area contributed by atoms with Gasteiger partial charge in [-0.25, -0.2) is 9.59 Å². The van der Waals surface area contributed by atoms with Gasteiger partial charge in [0.15, 0.2) is 0 Å². The van der Waals surface area contributed by atoms with E-state index in [9.17, 15) is 9.59 Å². The maximum absolute atomic E-state index is 12.1.